The molecule has 16 heavy (non-hydrogen) atoms. The lowest BCUT2D eigenvalue weighted by Gasteiger charge is -2.20. The predicted molar refractivity (Wildman–Crippen MR) is 73.4 cm³/mol. The third-order valence-corrected chi connectivity index (χ3v) is 3.89. The summed E-state index contributed by atoms with van der Waals surface area (Å²) in [6.07, 6.45) is 2.28. The molecule has 0 aliphatic carbocycles. The van der Waals surface area contributed by atoms with Crippen LogP contribution in [0, 0.1) is 5.92 Å². The molecule has 0 heterocycles. The average Bonchev–Trinajstić information content (AvgIpc) is 2.28. The number of methoxy groups -OCH3 is 1. The molecule has 1 rings (SSSR count). The summed E-state index contributed by atoms with van der Waals surface area (Å²) in [4.78, 5) is 0. The van der Waals surface area contributed by atoms with Gasteiger partial charge in [0, 0.05) is 10.0 Å². The molecule has 0 saturated heterocycles. The molecule has 0 fully saturated rings. The van der Waals surface area contributed by atoms with E-state index in [0.717, 1.165) is 28.6 Å². The van der Waals surface area contributed by atoms with Gasteiger partial charge in [0.25, 0.3) is 0 Å². The molecule has 0 amide bonds. The first-order valence-corrected chi connectivity index (χ1v) is 6.80. The van der Waals surface area contributed by atoms with Crippen molar-refractivity contribution in [2.45, 2.75) is 32.1 Å². The molecule has 0 spiro atoms. The summed E-state index contributed by atoms with van der Waals surface area (Å²) in [5.74, 6) is 1.32. The average molecular weight is 306 g/mol. The highest BCUT2D eigenvalue weighted by Crippen LogP contribution is 2.38. The number of hydrogen-bond donors (Lipinski definition) is 0. The summed E-state index contributed by atoms with van der Waals surface area (Å²) in [7, 11) is 1.68. The first kappa shape index (κ1) is 13.9. The first-order chi connectivity index (χ1) is 7.60. The molecule has 2 atom stereocenters. The number of benzene rings is 1. The van der Waals surface area contributed by atoms with E-state index in [2.05, 4.69) is 29.8 Å². The van der Waals surface area contributed by atoms with Crippen LogP contribution in [0.3, 0.4) is 0 Å². The van der Waals surface area contributed by atoms with Crippen molar-refractivity contribution in [2.75, 3.05) is 7.11 Å². The van der Waals surface area contributed by atoms with Crippen LogP contribution < -0.4 is 4.74 Å². The highest BCUT2D eigenvalue weighted by atomic mass is 79.9. The van der Waals surface area contributed by atoms with Crippen LogP contribution in [0.1, 0.15) is 37.6 Å². The zero-order chi connectivity index (χ0) is 12.1. The predicted octanol–water partition coefficient (Wildman–Crippen LogP) is 5.17. The maximum atomic E-state index is 6.49. The molecule has 0 aliphatic rings. The minimum absolute atomic E-state index is 0.00685. The molecule has 3 heteroatoms. The molecule has 90 valence electrons. The minimum atomic E-state index is 0.00685. The molecule has 0 aliphatic heterocycles. The smallest absolute Gasteiger partial charge is 0.123 e. The van der Waals surface area contributed by atoms with E-state index < -0.39 is 0 Å². The topological polar surface area (TPSA) is 9.23 Å². The van der Waals surface area contributed by atoms with Crippen LogP contribution in [0.4, 0.5) is 0 Å². The number of ether oxygens (including phenoxy) is 1. The maximum Gasteiger partial charge on any atom is 0.123 e. The van der Waals surface area contributed by atoms with Crippen molar-refractivity contribution >= 4 is 27.5 Å². The van der Waals surface area contributed by atoms with Gasteiger partial charge < -0.3 is 4.74 Å². The van der Waals surface area contributed by atoms with Gasteiger partial charge in [-0.3, -0.25) is 0 Å². The fourth-order valence-electron chi connectivity index (χ4n) is 1.83. The molecule has 0 N–H and O–H groups in total. The number of alkyl halides is 1. The Labute approximate surface area is 111 Å². The van der Waals surface area contributed by atoms with Crippen molar-refractivity contribution in [1.29, 1.82) is 0 Å². The van der Waals surface area contributed by atoms with Gasteiger partial charge >= 0.3 is 0 Å². The van der Waals surface area contributed by atoms with E-state index in [-0.39, 0.29) is 5.38 Å². The summed E-state index contributed by atoms with van der Waals surface area (Å²) in [5.41, 5.74) is 1.07. The Morgan fingerprint density at radius 2 is 2.12 bits per heavy atom. The second-order valence-electron chi connectivity index (χ2n) is 4.05. The standard InChI is InChI=1S/C13H18BrClO/c1-4-5-9(2)13(15)11-8-10(14)6-7-12(11)16-3/h6-9,13H,4-5H2,1-3H3. The van der Waals surface area contributed by atoms with Gasteiger partial charge in [-0.25, -0.2) is 0 Å². The summed E-state index contributed by atoms with van der Waals surface area (Å²) < 4.78 is 6.38. The minimum Gasteiger partial charge on any atom is -0.496 e. The number of hydrogen-bond acceptors (Lipinski definition) is 1. The Bertz CT molecular complexity index is 341. The van der Waals surface area contributed by atoms with E-state index >= 15 is 0 Å². The van der Waals surface area contributed by atoms with Crippen LogP contribution in [0.5, 0.6) is 5.75 Å². The zero-order valence-corrected chi connectivity index (χ0v) is 12.3. The van der Waals surface area contributed by atoms with Crippen molar-refractivity contribution in [1.82, 2.24) is 0 Å². The molecule has 0 saturated carbocycles. The van der Waals surface area contributed by atoms with E-state index in [4.69, 9.17) is 16.3 Å². The second-order valence-corrected chi connectivity index (χ2v) is 5.44. The zero-order valence-electron chi connectivity index (χ0n) is 9.97. The van der Waals surface area contributed by atoms with Gasteiger partial charge in [0.15, 0.2) is 0 Å². The summed E-state index contributed by atoms with van der Waals surface area (Å²) in [6.45, 7) is 4.36. The molecule has 2 unspecified atom stereocenters. The van der Waals surface area contributed by atoms with Crippen LogP contribution in [0.25, 0.3) is 0 Å². The van der Waals surface area contributed by atoms with Crippen molar-refractivity contribution < 1.29 is 4.74 Å². The SMILES string of the molecule is CCCC(C)C(Cl)c1cc(Br)ccc1OC. The third kappa shape index (κ3) is 3.39. The Morgan fingerprint density at radius 1 is 1.44 bits per heavy atom. The molecule has 0 radical (unpaired) electrons. The monoisotopic (exact) mass is 304 g/mol. The molecule has 0 bridgehead atoms. The normalized spacial score (nSPS) is 14.6. The molecule has 1 aromatic rings. The van der Waals surface area contributed by atoms with Crippen LogP contribution in [0.2, 0.25) is 0 Å². The van der Waals surface area contributed by atoms with Gasteiger partial charge in [0.2, 0.25) is 0 Å². The van der Waals surface area contributed by atoms with Crippen molar-refractivity contribution in [3.63, 3.8) is 0 Å². The van der Waals surface area contributed by atoms with E-state index in [1.54, 1.807) is 7.11 Å². The van der Waals surface area contributed by atoms with E-state index in [9.17, 15) is 0 Å². The quantitative estimate of drug-likeness (QED) is 0.682. The lowest BCUT2D eigenvalue weighted by atomic mass is 9.96. The van der Waals surface area contributed by atoms with Crippen LogP contribution in [0.15, 0.2) is 22.7 Å². The van der Waals surface area contributed by atoms with Gasteiger partial charge in [0.05, 0.1) is 12.5 Å². The molecule has 1 nitrogen and oxygen atoms in total. The first-order valence-electron chi connectivity index (χ1n) is 5.57. The van der Waals surface area contributed by atoms with Crippen LogP contribution in [-0.4, -0.2) is 7.11 Å². The van der Waals surface area contributed by atoms with Crippen molar-refractivity contribution in [3.8, 4) is 5.75 Å². The summed E-state index contributed by atoms with van der Waals surface area (Å²) >= 11 is 9.96. The molecular weight excluding hydrogens is 287 g/mol. The van der Waals surface area contributed by atoms with Gasteiger partial charge in [0.1, 0.15) is 5.75 Å². The Hall–Kier alpha value is -0.210. The highest BCUT2D eigenvalue weighted by molar-refractivity contribution is 9.10. The van der Waals surface area contributed by atoms with Crippen LogP contribution >= 0.6 is 27.5 Å². The largest absolute Gasteiger partial charge is 0.496 e. The maximum absolute atomic E-state index is 6.49. The van der Waals surface area contributed by atoms with Crippen molar-refractivity contribution in [2.24, 2.45) is 5.92 Å². The Kier molecular flexibility index (Phi) is 5.63. The summed E-state index contributed by atoms with van der Waals surface area (Å²) in [6, 6.07) is 5.96. The fraction of sp³-hybridized carbons (Fsp3) is 0.538. The van der Waals surface area contributed by atoms with E-state index in [1.807, 2.05) is 18.2 Å². The Morgan fingerprint density at radius 3 is 2.69 bits per heavy atom. The summed E-state index contributed by atoms with van der Waals surface area (Å²) in [5, 5.41) is 0.00685. The van der Waals surface area contributed by atoms with Gasteiger partial charge in [-0.05, 0) is 30.5 Å². The lowest BCUT2D eigenvalue weighted by Crippen LogP contribution is -2.05. The molecule has 0 aromatic heterocycles. The molecular formula is C13H18BrClO. The fourth-order valence-corrected chi connectivity index (χ4v) is 2.50. The van der Waals surface area contributed by atoms with Crippen molar-refractivity contribution in [3.05, 3.63) is 28.2 Å². The number of rotatable bonds is 5. The van der Waals surface area contributed by atoms with Gasteiger partial charge in [-0.15, -0.1) is 11.6 Å². The second kappa shape index (κ2) is 6.51. The van der Waals surface area contributed by atoms with E-state index in [0.29, 0.717) is 5.92 Å². The van der Waals surface area contributed by atoms with Gasteiger partial charge in [-0.2, -0.15) is 0 Å². The highest BCUT2D eigenvalue weighted by Gasteiger charge is 2.19. The third-order valence-electron chi connectivity index (χ3n) is 2.73. The molecule has 1 aromatic carbocycles. The van der Waals surface area contributed by atoms with Crippen LogP contribution in [-0.2, 0) is 0 Å². The Balaban J connectivity index is 2.96. The van der Waals surface area contributed by atoms with Gasteiger partial charge in [-0.1, -0.05) is 36.2 Å². The number of halogens is 2. The lowest BCUT2D eigenvalue weighted by molar-refractivity contribution is 0.401. The van der Waals surface area contributed by atoms with E-state index in [1.165, 1.54) is 0 Å².